The summed E-state index contributed by atoms with van der Waals surface area (Å²) in [7, 11) is -5.68. The van der Waals surface area contributed by atoms with Crippen molar-refractivity contribution in [2.24, 2.45) is 0 Å². The third kappa shape index (κ3) is 2.08. The van der Waals surface area contributed by atoms with E-state index in [1.54, 1.807) is 0 Å². The van der Waals surface area contributed by atoms with Gasteiger partial charge < -0.3 is 0 Å². The molecule has 1 aliphatic carbocycles. The Labute approximate surface area is 113 Å². The van der Waals surface area contributed by atoms with Crippen molar-refractivity contribution in [2.45, 2.75) is 23.0 Å². The van der Waals surface area contributed by atoms with Crippen molar-refractivity contribution in [1.29, 1.82) is 0 Å². The zero-order valence-corrected chi connectivity index (χ0v) is 11.4. The lowest BCUT2D eigenvalue weighted by Crippen LogP contribution is -2.25. The SMILES string of the molecule is O=C1c2c(S(=O)(=O)C(F)(F)F)ccc(Br)c2CC1F. The van der Waals surface area contributed by atoms with Gasteiger partial charge in [0.1, 0.15) is 0 Å². The molecule has 1 aromatic rings. The van der Waals surface area contributed by atoms with E-state index in [-0.39, 0.29) is 10.0 Å². The summed E-state index contributed by atoms with van der Waals surface area (Å²) in [6.45, 7) is 0. The topological polar surface area (TPSA) is 51.2 Å². The molecule has 1 aliphatic rings. The van der Waals surface area contributed by atoms with Gasteiger partial charge in [0.15, 0.2) is 12.0 Å². The van der Waals surface area contributed by atoms with Crippen LogP contribution < -0.4 is 0 Å². The minimum atomic E-state index is -5.68. The summed E-state index contributed by atoms with van der Waals surface area (Å²) in [5, 5.41) is 0. The average Bonchev–Trinajstić information content (AvgIpc) is 2.56. The Balaban J connectivity index is 2.78. The number of hydrogen-bond donors (Lipinski definition) is 0. The van der Waals surface area contributed by atoms with Crippen LogP contribution in [0, 0.1) is 0 Å². The number of ketones is 1. The molecule has 0 aromatic heterocycles. The van der Waals surface area contributed by atoms with Gasteiger partial charge in [0, 0.05) is 16.5 Å². The molecule has 19 heavy (non-hydrogen) atoms. The van der Waals surface area contributed by atoms with Crippen LogP contribution in [-0.4, -0.2) is 25.9 Å². The monoisotopic (exact) mass is 360 g/mol. The van der Waals surface area contributed by atoms with E-state index in [4.69, 9.17) is 0 Å². The van der Waals surface area contributed by atoms with Crippen molar-refractivity contribution in [3.05, 3.63) is 27.7 Å². The highest BCUT2D eigenvalue weighted by atomic mass is 79.9. The largest absolute Gasteiger partial charge is 0.501 e. The maximum absolute atomic E-state index is 13.3. The lowest BCUT2D eigenvalue weighted by Gasteiger charge is -2.12. The minimum absolute atomic E-state index is 0.0529. The number of fused-ring (bicyclic) bond motifs is 1. The molecule has 1 atom stereocenters. The molecule has 9 heteroatoms. The van der Waals surface area contributed by atoms with Gasteiger partial charge in [-0.3, -0.25) is 4.79 Å². The first-order valence-corrected chi connectivity index (χ1v) is 7.16. The van der Waals surface area contributed by atoms with Crippen molar-refractivity contribution in [2.75, 3.05) is 0 Å². The number of halogens is 5. The van der Waals surface area contributed by atoms with E-state index in [1.165, 1.54) is 0 Å². The molecule has 0 aliphatic heterocycles. The lowest BCUT2D eigenvalue weighted by molar-refractivity contribution is -0.0436. The van der Waals surface area contributed by atoms with E-state index >= 15 is 0 Å². The summed E-state index contributed by atoms with van der Waals surface area (Å²) in [4.78, 5) is 10.3. The lowest BCUT2D eigenvalue weighted by atomic mass is 10.1. The molecule has 0 amide bonds. The van der Waals surface area contributed by atoms with Crippen molar-refractivity contribution in [1.82, 2.24) is 0 Å². The number of rotatable bonds is 1. The van der Waals surface area contributed by atoms with Crippen LogP contribution in [0.15, 0.2) is 21.5 Å². The molecule has 3 nitrogen and oxygen atoms in total. The zero-order valence-electron chi connectivity index (χ0n) is 8.96. The van der Waals surface area contributed by atoms with E-state index < -0.39 is 44.2 Å². The van der Waals surface area contributed by atoms with Gasteiger partial charge in [-0.05, 0) is 17.7 Å². The normalized spacial score (nSPS) is 19.6. The van der Waals surface area contributed by atoms with Gasteiger partial charge in [0.05, 0.1) is 4.90 Å². The molecule has 0 heterocycles. The number of sulfone groups is 1. The second kappa shape index (κ2) is 4.27. The van der Waals surface area contributed by atoms with Gasteiger partial charge in [-0.1, -0.05) is 15.9 Å². The molecule has 0 saturated heterocycles. The molecule has 0 radical (unpaired) electrons. The van der Waals surface area contributed by atoms with Crippen molar-refractivity contribution >= 4 is 31.6 Å². The summed E-state index contributed by atoms with van der Waals surface area (Å²) in [5.74, 6) is -1.24. The second-order valence-electron chi connectivity index (χ2n) is 3.88. The zero-order chi connectivity index (χ0) is 14.6. The predicted molar refractivity (Wildman–Crippen MR) is 60.3 cm³/mol. The van der Waals surface area contributed by atoms with E-state index in [1.807, 2.05) is 0 Å². The molecule has 0 fully saturated rings. The number of Topliss-reactive ketones (excluding diaryl/α,β-unsaturated/α-hetero) is 1. The maximum atomic E-state index is 13.3. The molecule has 0 saturated carbocycles. The number of hydrogen-bond acceptors (Lipinski definition) is 3. The highest BCUT2D eigenvalue weighted by Gasteiger charge is 2.50. The average molecular weight is 361 g/mol. The summed E-state index contributed by atoms with van der Waals surface area (Å²) >= 11 is 2.96. The fraction of sp³-hybridized carbons (Fsp3) is 0.300. The summed E-state index contributed by atoms with van der Waals surface area (Å²) in [6.07, 6.45) is -2.45. The van der Waals surface area contributed by atoms with Gasteiger partial charge >= 0.3 is 5.51 Å². The van der Waals surface area contributed by atoms with Crippen LogP contribution in [0.3, 0.4) is 0 Å². The number of alkyl halides is 4. The number of benzene rings is 1. The maximum Gasteiger partial charge on any atom is 0.501 e. The Kier molecular flexibility index (Phi) is 3.25. The van der Waals surface area contributed by atoms with Crippen LogP contribution in [0.2, 0.25) is 0 Å². The molecule has 1 unspecified atom stereocenters. The van der Waals surface area contributed by atoms with Crippen LogP contribution in [0.1, 0.15) is 15.9 Å². The Morgan fingerprint density at radius 2 is 1.84 bits per heavy atom. The van der Waals surface area contributed by atoms with Crippen LogP contribution >= 0.6 is 15.9 Å². The van der Waals surface area contributed by atoms with E-state index in [2.05, 4.69) is 15.9 Å². The molecule has 2 rings (SSSR count). The Bertz CT molecular complexity index is 666. The van der Waals surface area contributed by atoms with E-state index in [0.29, 0.717) is 6.07 Å². The number of carbonyl (C=O) groups excluding carboxylic acids is 1. The fourth-order valence-corrected chi connectivity index (χ4v) is 3.33. The standard InChI is InChI=1S/C10H5BrF4O3S/c11-5-1-2-7(19(17,18)10(13,14)15)8-4(5)3-6(12)9(8)16/h1-2,6H,3H2. The summed E-state index contributed by atoms with van der Waals surface area (Å²) in [5.41, 5.74) is -6.30. The molecule has 0 N–H and O–H groups in total. The first-order chi connectivity index (χ1) is 8.57. The summed E-state index contributed by atoms with van der Waals surface area (Å²) < 4.78 is 73.8. The highest BCUT2D eigenvalue weighted by molar-refractivity contribution is 9.10. The van der Waals surface area contributed by atoms with Crippen molar-refractivity contribution in [3.8, 4) is 0 Å². The van der Waals surface area contributed by atoms with E-state index in [0.717, 1.165) is 6.07 Å². The first kappa shape index (κ1) is 14.4. The molecular weight excluding hydrogens is 356 g/mol. The molecule has 0 bridgehead atoms. The quantitative estimate of drug-likeness (QED) is 0.723. The fourth-order valence-electron chi connectivity index (χ4n) is 1.85. The molecule has 1 aromatic carbocycles. The molecule has 104 valence electrons. The smallest absolute Gasteiger partial charge is 0.291 e. The number of carbonyl (C=O) groups is 1. The Morgan fingerprint density at radius 1 is 1.26 bits per heavy atom. The van der Waals surface area contributed by atoms with Crippen LogP contribution in [0.5, 0.6) is 0 Å². The minimum Gasteiger partial charge on any atom is -0.291 e. The van der Waals surface area contributed by atoms with Gasteiger partial charge in [0.2, 0.25) is 0 Å². The molecular formula is C10H5BrF4O3S. The second-order valence-corrected chi connectivity index (χ2v) is 6.65. The summed E-state index contributed by atoms with van der Waals surface area (Å²) in [6, 6.07) is 1.71. The van der Waals surface area contributed by atoms with Crippen LogP contribution in [0.25, 0.3) is 0 Å². The van der Waals surface area contributed by atoms with Gasteiger partial charge in [0.25, 0.3) is 9.84 Å². The van der Waals surface area contributed by atoms with Gasteiger partial charge in [-0.25, -0.2) is 12.8 Å². The van der Waals surface area contributed by atoms with Crippen LogP contribution in [0.4, 0.5) is 17.6 Å². The highest BCUT2D eigenvalue weighted by Crippen LogP contribution is 2.39. The first-order valence-electron chi connectivity index (χ1n) is 4.88. The molecule has 0 spiro atoms. The third-order valence-electron chi connectivity index (χ3n) is 2.73. The Morgan fingerprint density at radius 3 is 2.37 bits per heavy atom. The van der Waals surface area contributed by atoms with Crippen molar-refractivity contribution < 1.29 is 30.8 Å². The van der Waals surface area contributed by atoms with Crippen LogP contribution in [-0.2, 0) is 16.3 Å². The predicted octanol–water partition coefficient (Wildman–Crippen LogP) is 2.82. The van der Waals surface area contributed by atoms with Gasteiger partial charge in [-0.15, -0.1) is 0 Å². The third-order valence-corrected chi connectivity index (χ3v) is 5.00. The van der Waals surface area contributed by atoms with E-state index in [9.17, 15) is 30.8 Å². The van der Waals surface area contributed by atoms with Crippen molar-refractivity contribution in [3.63, 3.8) is 0 Å². The van der Waals surface area contributed by atoms with Gasteiger partial charge in [-0.2, -0.15) is 13.2 Å². The Hall–Kier alpha value is -0.960.